The number of nitrogens with two attached hydrogens (primary N) is 1. The molecule has 1 aromatic carbocycles. The van der Waals surface area contributed by atoms with Crippen LogP contribution in [-0.4, -0.2) is 0 Å². The molecular weight excluding hydrogens is 282 g/mol. The first-order valence-electron chi connectivity index (χ1n) is 3.85. The van der Waals surface area contributed by atoms with Gasteiger partial charge in [-0.2, -0.15) is 0 Å². The summed E-state index contributed by atoms with van der Waals surface area (Å²) in [5, 5.41) is 0. The summed E-state index contributed by atoms with van der Waals surface area (Å²) in [7, 11) is 0. The van der Waals surface area contributed by atoms with Gasteiger partial charge in [0.05, 0.1) is 0 Å². The standard InChI is InChI=1S/C9H11Br2N/c1-2-9(12)6-3-7(10)5-8(11)4-6/h3-5,9H,2,12H2,1H3/t9-/m1/s1. The molecule has 3 heteroatoms. The van der Waals surface area contributed by atoms with Gasteiger partial charge < -0.3 is 5.73 Å². The molecule has 1 rings (SSSR count). The minimum Gasteiger partial charge on any atom is -0.324 e. The van der Waals surface area contributed by atoms with Crippen molar-refractivity contribution in [2.75, 3.05) is 0 Å². The fourth-order valence-electron chi connectivity index (χ4n) is 1.02. The fourth-order valence-corrected chi connectivity index (χ4v) is 2.35. The molecule has 0 saturated heterocycles. The van der Waals surface area contributed by atoms with E-state index in [0.29, 0.717) is 0 Å². The summed E-state index contributed by atoms with van der Waals surface area (Å²) in [5.74, 6) is 0. The van der Waals surface area contributed by atoms with Gasteiger partial charge in [-0.25, -0.2) is 0 Å². The van der Waals surface area contributed by atoms with Crippen molar-refractivity contribution in [2.24, 2.45) is 5.73 Å². The summed E-state index contributed by atoms with van der Waals surface area (Å²) < 4.78 is 2.13. The third kappa shape index (κ3) is 2.57. The van der Waals surface area contributed by atoms with E-state index in [-0.39, 0.29) is 6.04 Å². The van der Waals surface area contributed by atoms with Crippen LogP contribution in [0.1, 0.15) is 24.9 Å². The second kappa shape index (κ2) is 4.40. The molecule has 0 aliphatic rings. The molecule has 0 amide bonds. The summed E-state index contributed by atoms with van der Waals surface area (Å²) in [5.41, 5.74) is 7.06. The highest BCUT2D eigenvalue weighted by Crippen LogP contribution is 2.24. The fraction of sp³-hybridized carbons (Fsp3) is 0.333. The van der Waals surface area contributed by atoms with Crippen LogP contribution in [0.4, 0.5) is 0 Å². The zero-order chi connectivity index (χ0) is 9.14. The lowest BCUT2D eigenvalue weighted by Gasteiger charge is -2.09. The Morgan fingerprint density at radius 1 is 1.25 bits per heavy atom. The third-order valence-electron chi connectivity index (χ3n) is 1.75. The Hall–Kier alpha value is 0.140. The van der Waals surface area contributed by atoms with Gasteiger partial charge in [-0.15, -0.1) is 0 Å². The second-order valence-corrected chi connectivity index (χ2v) is 4.55. The molecule has 1 aromatic rings. The molecule has 2 N–H and O–H groups in total. The maximum atomic E-state index is 5.89. The summed E-state index contributed by atoms with van der Waals surface area (Å²) in [6.07, 6.45) is 0.961. The first-order valence-corrected chi connectivity index (χ1v) is 5.43. The van der Waals surface area contributed by atoms with Gasteiger partial charge in [-0.3, -0.25) is 0 Å². The molecular formula is C9H11Br2N. The van der Waals surface area contributed by atoms with Gasteiger partial charge in [0.1, 0.15) is 0 Å². The Bertz CT molecular complexity index is 253. The molecule has 0 aliphatic carbocycles. The quantitative estimate of drug-likeness (QED) is 0.885. The highest BCUT2D eigenvalue weighted by Gasteiger charge is 2.04. The highest BCUT2D eigenvalue weighted by atomic mass is 79.9. The van der Waals surface area contributed by atoms with Gasteiger partial charge in [0.2, 0.25) is 0 Å². The van der Waals surface area contributed by atoms with E-state index in [9.17, 15) is 0 Å². The Kier molecular flexibility index (Phi) is 3.75. The monoisotopic (exact) mass is 291 g/mol. The van der Waals surface area contributed by atoms with E-state index in [2.05, 4.69) is 50.9 Å². The van der Waals surface area contributed by atoms with Crippen LogP contribution in [0.5, 0.6) is 0 Å². The zero-order valence-electron chi connectivity index (χ0n) is 6.85. The van der Waals surface area contributed by atoms with Crippen LogP contribution in [-0.2, 0) is 0 Å². The average Bonchev–Trinajstić information content (AvgIpc) is 2.01. The van der Waals surface area contributed by atoms with Gasteiger partial charge in [-0.05, 0) is 30.2 Å². The van der Waals surface area contributed by atoms with Crippen molar-refractivity contribution in [1.82, 2.24) is 0 Å². The summed E-state index contributed by atoms with van der Waals surface area (Å²) >= 11 is 6.85. The molecule has 1 nitrogen and oxygen atoms in total. The second-order valence-electron chi connectivity index (χ2n) is 2.72. The van der Waals surface area contributed by atoms with Crippen LogP contribution in [0.3, 0.4) is 0 Å². The normalized spacial score (nSPS) is 13.0. The van der Waals surface area contributed by atoms with E-state index in [1.54, 1.807) is 0 Å². The topological polar surface area (TPSA) is 26.0 Å². The van der Waals surface area contributed by atoms with Crippen molar-refractivity contribution < 1.29 is 0 Å². The van der Waals surface area contributed by atoms with Crippen molar-refractivity contribution in [3.63, 3.8) is 0 Å². The molecule has 66 valence electrons. The summed E-state index contributed by atoms with van der Waals surface area (Å²) in [4.78, 5) is 0. The molecule has 0 aromatic heterocycles. The molecule has 0 aliphatic heterocycles. The number of hydrogen-bond acceptors (Lipinski definition) is 1. The van der Waals surface area contributed by atoms with Crippen LogP contribution < -0.4 is 5.73 Å². The minimum absolute atomic E-state index is 0.138. The summed E-state index contributed by atoms with van der Waals surface area (Å²) in [6, 6.07) is 6.25. The van der Waals surface area contributed by atoms with Crippen molar-refractivity contribution in [3.05, 3.63) is 32.7 Å². The SMILES string of the molecule is CC[C@@H](N)c1cc(Br)cc(Br)c1. The Morgan fingerprint density at radius 2 is 1.75 bits per heavy atom. The molecule has 0 bridgehead atoms. The first-order chi connectivity index (χ1) is 5.63. The lowest BCUT2D eigenvalue weighted by Crippen LogP contribution is -2.08. The van der Waals surface area contributed by atoms with Crippen molar-refractivity contribution in [2.45, 2.75) is 19.4 Å². The van der Waals surface area contributed by atoms with E-state index in [1.165, 1.54) is 5.56 Å². The first kappa shape index (κ1) is 10.2. The van der Waals surface area contributed by atoms with Crippen LogP contribution >= 0.6 is 31.9 Å². The largest absolute Gasteiger partial charge is 0.324 e. The van der Waals surface area contributed by atoms with E-state index in [4.69, 9.17) is 5.73 Å². The average molecular weight is 293 g/mol. The van der Waals surface area contributed by atoms with E-state index in [0.717, 1.165) is 15.4 Å². The third-order valence-corrected chi connectivity index (χ3v) is 2.67. The minimum atomic E-state index is 0.138. The number of hydrogen-bond donors (Lipinski definition) is 1. The predicted molar refractivity (Wildman–Crippen MR) is 59.1 cm³/mol. The zero-order valence-corrected chi connectivity index (χ0v) is 10.0. The van der Waals surface area contributed by atoms with E-state index < -0.39 is 0 Å². The number of rotatable bonds is 2. The van der Waals surface area contributed by atoms with Crippen LogP contribution in [0.2, 0.25) is 0 Å². The molecule has 12 heavy (non-hydrogen) atoms. The van der Waals surface area contributed by atoms with Crippen LogP contribution in [0.15, 0.2) is 27.1 Å². The van der Waals surface area contributed by atoms with Crippen molar-refractivity contribution >= 4 is 31.9 Å². The lowest BCUT2D eigenvalue weighted by molar-refractivity contribution is 0.698. The Balaban J connectivity index is 3.00. The number of benzene rings is 1. The molecule has 0 saturated carbocycles. The van der Waals surface area contributed by atoms with Crippen molar-refractivity contribution in [1.29, 1.82) is 0 Å². The molecule has 0 radical (unpaired) electrons. The lowest BCUT2D eigenvalue weighted by atomic mass is 10.1. The molecule has 1 atom stereocenters. The van der Waals surface area contributed by atoms with Gasteiger partial charge in [0.15, 0.2) is 0 Å². The number of halogens is 2. The molecule has 0 fully saturated rings. The van der Waals surface area contributed by atoms with Gasteiger partial charge in [0, 0.05) is 15.0 Å². The van der Waals surface area contributed by atoms with Crippen LogP contribution in [0.25, 0.3) is 0 Å². The van der Waals surface area contributed by atoms with Gasteiger partial charge in [-0.1, -0.05) is 38.8 Å². The molecule has 0 unspecified atom stereocenters. The molecule has 0 spiro atoms. The Morgan fingerprint density at radius 3 is 2.17 bits per heavy atom. The van der Waals surface area contributed by atoms with Gasteiger partial charge >= 0.3 is 0 Å². The maximum absolute atomic E-state index is 5.89. The van der Waals surface area contributed by atoms with Crippen molar-refractivity contribution in [3.8, 4) is 0 Å². The summed E-state index contributed by atoms with van der Waals surface area (Å²) in [6.45, 7) is 2.08. The highest BCUT2D eigenvalue weighted by molar-refractivity contribution is 9.11. The van der Waals surface area contributed by atoms with Gasteiger partial charge in [0.25, 0.3) is 0 Å². The van der Waals surface area contributed by atoms with E-state index in [1.807, 2.05) is 6.07 Å². The maximum Gasteiger partial charge on any atom is 0.0292 e. The predicted octanol–water partition coefficient (Wildman–Crippen LogP) is 3.62. The Labute approximate surface area is 89.6 Å². The van der Waals surface area contributed by atoms with E-state index >= 15 is 0 Å². The van der Waals surface area contributed by atoms with Crippen LogP contribution in [0, 0.1) is 0 Å². The smallest absolute Gasteiger partial charge is 0.0292 e. The molecule has 0 heterocycles.